The van der Waals surface area contributed by atoms with Crippen LogP contribution in [0.15, 0.2) is 11.0 Å². The topological polar surface area (TPSA) is 34.1 Å². The molecule has 102 valence electrons. The predicted octanol–water partition coefficient (Wildman–Crippen LogP) is 3.53. The molecule has 0 atom stereocenters. The molecule has 0 saturated heterocycles. The van der Waals surface area contributed by atoms with Crippen LogP contribution in [0.1, 0.15) is 44.4 Å². The number of sulfone groups is 1. The fourth-order valence-electron chi connectivity index (χ4n) is 2.16. The molecule has 0 N–H and O–H groups in total. The van der Waals surface area contributed by atoms with Gasteiger partial charge in [0.2, 0.25) is 0 Å². The summed E-state index contributed by atoms with van der Waals surface area (Å²) in [6, 6.07) is 1.37. The van der Waals surface area contributed by atoms with Crippen LogP contribution < -0.4 is 0 Å². The molecule has 0 unspecified atom stereocenters. The molecule has 0 heterocycles. The molecule has 1 rings (SSSR count). The highest BCUT2D eigenvalue weighted by Gasteiger charge is 2.26. The zero-order valence-electron chi connectivity index (χ0n) is 11.9. The Labute approximate surface area is 109 Å². The average Bonchev–Trinajstić information content (AvgIpc) is 2.21. The number of hydrogen-bond donors (Lipinski definition) is 0. The van der Waals surface area contributed by atoms with Crippen LogP contribution in [0.4, 0.5) is 4.39 Å². The van der Waals surface area contributed by atoms with E-state index in [1.54, 1.807) is 6.92 Å². The largest absolute Gasteiger partial charge is 0.224 e. The van der Waals surface area contributed by atoms with Crippen LogP contribution in [-0.4, -0.2) is 14.2 Å². The Balaban J connectivity index is 3.69. The normalized spacial score (nSPS) is 12.8. The summed E-state index contributed by atoms with van der Waals surface area (Å²) < 4.78 is 38.0. The number of rotatable bonds is 2. The Kier molecular flexibility index (Phi) is 3.92. The van der Waals surface area contributed by atoms with Gasteiger partial charge in [0.05, 0.1) is 5.75 Å². The van der Waals surface area contributed by atoms with E-state index in [2.05, 4.69) is 0 Å². The van der Waals surface area contributed by atoms with Crippen molar-refractivity contribution in [3.63, 3.8) is 0 Å². The highest BCUT2D eigenvalue weighted by atomic mass is 32.2. The molecule has 0 amide bonds. The molecule has 0 saturated carbocycles. The van der Waals surface area contributed by atoms with Crippen molar-refractivity contribution in [2.75, 3.05) is 5.75 Å². The SMILES string of the molecule is CCS(=O)(=O)c1c(F)cc(C(C)(C)C)c(C)c1C. The van der Waals surface area contributed by atoms with Gasteiger partial charge in [-0.15, -0.1) is 0 Å². The lowest BCUT2D eigenvalue weighted by molar-refractivity contribution is 0.543. The van der Waals surface area contributed by atoms with Crippen LogP contribution >= 0.6 is 0 Å². The standard InChI is InChI=1S/C14H21FO2S/c1-7-18(16,17)13-10(3)9(2)11(8-12(13)15)14(4,5)6/h8H,7H2,1-6H3. The Morgan fingerprint density at radius 3 is 2.06 bits per heavy atom. The maximum absolute atomic E-state index is 14.1. The van der Waals surface area contributed by atoms with Gasteiger partial charge in [-0.2, -0.15) is 0 Å². The smallest absolute Gasteiger partial charge is 0.181 e. The van der Waals surface area contributed by atoms with E-state index in [1.807, 2.05) is 27.7 Å². The van der Waals surface area contributed by atoms with Gasteiger partial charge in [0.1, 0.15) is 10.7 Å². The summed E-state index contributed by atoms with van der Waals surface area (Å²) in [5, 5.41) is 0. The summed E-state index contributed by atoms with van der Waals surface area (Å²) in [4.78, 5) is -0.143. The van der Waals surface area contributed by atoms with Gasteiger partial charge in [0.15, 0.2) is 9.84 Å². The van der Waals surface area contributed by atoms with Gasteiger partial charge >= 0.3 is 0 Å². The number of benzene rings is 1. The first-order valence-electron chi connectivity index (χ1n) is 6.05. The fourth-order valence-corrected chi connectivity index (χ4v) is 3.42. The first-order valence-corrected chi connectivity index (χ1v) is 7.70. The molecule has 0 aliphatic carbocycles. The maximum Gasteiger partial charge on any atom is 0.181 e. The van der Waals surface area contributed by atoms with Crippen LogP contribution in [-0.2, 0) is 15.3 Å². The van der Waals surface area contributed by atoms with Gasteiger partial charge in [0, 0.05) is 0 Å². The van der Waals surface area contributed by atoms with Crippen LogP contribution in [0.3, 0.4) is 0 Å². The molecule has 0 aliphatic heterocycles. The lowest BCUT2D eigenvalue weighted by atomic mass is 9.82. The van der Waals surface area contributed by atoms with Gasteiger partial charge in [-0.05, 0) is 42.0 Å². The van der Waals surface area contributed by atoms with Crippen LogP contribution in [0.5, 0.6) is 0 Å². The molecule has 0 aromatic heterocycles. The Morgan fingerprint density at radius 1 is 1.17 bits per heavy atom. The first-order chi connectivity index (χ1) is 8.02. The van der Waals surface area contributed by atoms with Crippen molar-refractivity contribution in [1.82, 2.24) is 0 Å². The van der Waals surface area contributed by atoms with E-state index in [4.69, 9.17) is 0 Å². The second-order valence-electron chi connectivity index (χ2n) is 5.64. The number of halogens is 1. The van der Waals surface area contributed by atoms with E-state index < -0.39 is 15.7 Å². The third-order valence-corrected chi connectivity index (χ3v) is 5.18. The van der Waals surface area contributed by atoms with Crippen molar-refractivity contribution in [3.8, 4) is 0 Å². The molecule has 1 aromatic carbocycles. The van der Waals surface area contributed by atoms with Crippen LogP contribution in [0.2, 0.25) is 0 Å². The minimum Gasteiger partial charge on any atom is -0.224 e. The molecule has 2 nitrogen and oxygen atoms in total. The molecular formula is C14H21FO2S. The van der Waals surface area contributed by atoms with Crippen molar-refractivity contribution < 1.29 is 12.8 Å². The third-order valence-electron chi connectivity index (χ3n) is 3.29. The second kappa shape index (κ2) is 4.65. The lowest BCUT2D eigenvalue weighted by Gasteiger charge is -2.24. The van der Waals surface area contributed by atoms with E-state index in [0.29, 0.717) is 5.56 Å². The zero-order valence-corrected chi connectivity index (χ0v) is 12.7. The summed E-state index contributed by atoms with van der Waals surface area (Å²) in [6.45, 7) is 11.0. The van der Waals surface area contributed by atoms with Gasteiger partial charge in [0.25, 0.3) is 0 Å². The minimum absolute atomic E-state index is 0.0843. The Morgan fingerprint density at radius 2 is 1.67 bits per heavy atom. The molecule has 4 heteroatoms. The monoisotopic (exact) mass is 272 g/mol. The third kappa shape index (κ3) is 2.58. The second-order valence-corrected chi connectivity index (χ2v) is 7.85. The summed E-state index contributed by atoms with van der Waals surface area (Å²) in [7, 11) is -3.52. The Bertz CT molecular complexity index is 566. The van der Waals surface area contributed by atoms with Crippen molar-refractivity contribution in [2.24, 2.45) is 0 Å². The predicted molar refractivity (Wildman–Crippen MR) is 72.3 cm³/mol. The van der Waals surface area contributed by atoms with E-state index in [9.17, 15) is 12.8 Å². The van der Waals surface area contributed by atoms with Crippen molar-refractivity contribution >= 4 is 9.84 Å². The lowest BCUT2D eigenvalue weighted by Crippen LogP contribution is -2.17. The van der Waals surface area contributed by atoms with Crippen LogP contribution in [0.25, 0.3) is 0 Å². The summed E-state index contributed by atoms with van der Waals surface area (Å²) in [5.41, 5.74) is 2.04. The number of hydrogen-bond acceptors (Lipinski definition) is 2. The van der Waals surface area contributed by atoms with Crippen LogP contribution in [0, 0.1) is 19.7 Å². The van der Waals surface area contributed by atoms with Crippen molar-refractivity contribution in [2.45, 2.75) is 51.9 Å². The zero-order chi connectivity index (χ0) is 14.3. The highest BCUT2D eigenvalue weighted by Crippen LogP contribution is 2.32. The molecule has 1 aromatic rings. The first kappa shape index (κ1) is 15.2. The molecule has 18 heavy (non-hydrogen) atoms. The summed E-state index contributed by atoms with van der Waals surface area (Å²) in [5.74, 6) is -0.719. The molecule has 0 fully saturated rings. The van der Waals surface area contributed by atoms with E-state index in [1.165, 1.54) is 13.0 Å². The summed E-state index contributed by atoms with van der Waals surface area (Å²) >= 11 is 0. The maximum atomic E-state index is 14.1. The quantitative estimate of drug-likeness (QED) is 0.825. The molecule has 0 radical (unpaired) electrons. The molecular weight excluding hydrogens is 251 g/mol. The fraction of sp³-hybridized carbons (Fsp3) is 0.571. The van der Waals surface area contributed by atoms with Crippen molar-refractivity contribution in [1.29, 1.82) is 0 Å². The molecule has 0 spiro atoms. The van der Waals surface area contributed by atoms with Gasteiger partial charge in [-0.1, -0.05) is 27.7 Å². The van der Waals surface area contributed by atoms with Gasteiger partial charge in [-0.25, -0.2) is 12.8 Å². The minimum atomic E-state index is -3.52. The molecule has 0 aliphatic rings. The molecule has 0 bridgehead atoms. The van der Waals surface area contributed by atoms with Crippen molar-refractivity contribution in [3.05, 3.63) is 28.6 Å². The average molecular weight is 272 g/mol. The summed E-state index contributed by atoms with van der Waals surface area (Å²) in [6.07, 6.45) is 0. The van der Waals surface area contributed by atoms with E-state index >= 15 is 0 Å². The van der Waals surface area contributed by atoms with E-state index in [-0.39, 0.29) is 16.1 Å². The van der Waals surface area contributed by atoms with Gasteiger partial charge in [-0.3, -0.25) is 0 Å². The Hall–Kier alpha value is -0.900. The van der Waals surface area contributed by atoms with E-state index in [0.717, 1.165) is 11.1 Å². The highest BCUT2D eigenvalue weighted by molar-refractivity contribution is 7.91. The van der Waals surface area contributed by atoms with Gasteiger partial charge < -0.3 is 0 Å².